The fourth-order valence-electron chi connectivity index (χ4n) is 3.19. The van der Waals surface area contributed by atoms with Crippen LogP contribution in [-0.2, 0) is 21.4 Å². The minimum absolute atomic E-state index is 0.0374. The van der Waals surface area contributed by atoms with Crippen molar-refractivity contribution in [3.05, 3.63) is 35.4 Å². The number of rotatable bonds is 4. The average Bonchev–Trinajstić information content (AvgIpc) is 3.00. The van der Waals surface area contributed by atoms with Gasteiger partial charge in [-0.15, -0.1) is 0 Å². The maximum Gasteiger partial charge on any atom is 0.244 e. The van der Waals surface area contributed by atoms with E-state index < -0.39 is 0 Å². The molecule has 1 saturated heterocycles. The van der Waals surface area contributed by atoms with Gasteiger partial charge in [0.05, 0.1) is 0 Å². The van der Waals surface area contributed by atoms with E-state index in [1.165, 1.54) is 11.1 Å². The van der Waals surface area contributed by atoms with Gasteiger partial charge in [0.15, 0.2) is 0 Å². The van der Waals surface area contributed by atoms with Crippen LogP contribution in [0, 0.1) is 0 Å². The summed E-state index contributed by atoms with van der Waals surface area (Å²) in [6, 6.07) is 8.25. The highest BCUT2D eigenvalue weighted by molar-refractivity contribution is 5.88. The number of carbonyl (C=O) groups is 2. The molecule has 2 amide bonds. The number of hydrogen-bond acceptors (Lipinski definition) is 2. The van der Waals surface area contributed by atoms with Crippen molar-refractivity contribution >= 4 is 11.8 Å². The molecule has 0 aliphatic carbocycles. The predicted molar refractivity (Wildman–Crippen MR) is 96.9 cm³/mol. The number of carbonyl (C=O) groups excluding carboxylic acids is 2. The van der Waals surface area contributed by atoms with Gasteiger partial charge in [0.2, 0.25) is 11.8 Å². The molecule has 1 atom stereocenters. The van der Waals surface area contributed by atoms with Crippen LogP contribution >= 0.6 is 0 Å². The third kappa shape index (κ3) is 4.37. The van der Waals surface area contributed by atoms with E-state index >= 15 is 0 Å². The minimum atomic E-state index is -0.268. The number of likely N-dealkylation sites (N-methyl/N-ethyl adjacent to an activating group) is 1. The van der Waals surface area contributed by atoms with E-state index in [-0.39, 0.29) is 23.3 Å². The average molecular weight is 330 g/mol. The van der Waals surface area contributed by atoms with Crippen LogP contribution in [0.2, 0.25) is 0 Å². The number of likely N-dealkylation sites (tertiary alicyclic amines) is 1. The maximum atomic E-state index is 12.5. The number of hydrogen-bond donors (Lipinski definition) is 0. The molecule has 4 heteroatoms. The number of amides is 2. The molecule has 24 heavy (non-hydrogen) atoms. The predicted octanol–water partition coefficient (Wildman–Crippen LogP) is 3.00. The van der Waals surface area contributed by atoms with Crippen LogP contribution in [0.3, 0.4) is 0 Å². The van der Waals surface area contributed by atoms with E-state index in [0.29, 0.717) is 13.0 Å². The van der Waals surface area contributed by atoms with Gasteiger partial charge in [-0.25, -0.2) is 0 Å². The monoisotopic (exact) mass is 330 g/mol. The molecule has 0 radical (unpaired) electrons. The van der Waals surface area contributed by atoms with Crippen LogP contribution in [0.5, 0.6) is 0 Å². The second-order valence-electron chi connectivity index (χ2n) is 7.92. The third-order valence-electron chi connectivity index (χ3n) is 4.75. The first-order chi connectivity index (χ1) is 11.2. The summed E-state index contributed by atoms with van der Waals surface area (Å²) in [7, 11) is 3.50. The highest BCUT2D eigenvalue weighted by Crippen LogP contribution is 2.23. The van der Waals surface area contributed by atoms with Gasteiger partial charge in [-0.05, 0) is 35.8 Å². The van der Waals surface area contributed by atoms with Crippen LogP contribution in [-0.4, -0.2) is 48.3 Å². The molecule has 1 fully saturated rings. The van der Waals surface area contributed by atoms with E-state index in [2.05, 4.69) is 45.0 Å². The largest absolute Gasteiger partial charge is 0.347 e. The van der Waals surface area contributed by atoms with Crippen LogP contribution < -0.4 is 0 Å². The summed E-state index contributed by atoms with van der Waals surface area (Å²) in [5.41, 5.74) is 2.61. The summed E-state index contributed by atoms with van der Waals surface area (Å²) < 4.78 is 0. The van der Waals surface area contributed by atoms with Crippen molar-refractivity contribution in [3.63, 3.8) is 0 Å². The lowest BCUT2D eigenvalue weighted by molar-refractivity contribution is -0.142. The molecular formula is C20H30N2O2. The molecule has 1 aliphatic heterocycles. The molecule has 1 aromatic carbocycles. The third-order valence-corrected chi connectivity index (χ3v) is 4.75. The summed E-state index contributed by atoms with van der Waals surface area (Å²) in [6.45, 7) is 7.29. The van der Waals surface area contributed by atoms with Crippen molar-refractivity contribution in [1.29, 1.82) is 0 Å². The Morgan fingerprint density at radius 1 is 1.17 bits per heavy atom. The fraction of sp³-hybridized carbons (Fsp3) is 0.600. The summed E-state index contributed by atoms with van der Waals surface area (Å²) in [5.74, 6) is 0.128. The van der Waals surface area contributed by atoms with Crippen LogP contribution in [0.1, 0.15) is 51.2 Å². The SMILES string of the molecule is CN(C)C(=O)C1CCCN1C(=O)CCc1ccc(C(C)(C)C)cc1. The highest BCUT2D eigenvalue weighted by atomic mass is 16.2. The second-order valence-corrected chi connectivity index (χ2v) is 7.92. The molecule has 0 spiro atoms. The van der Waals surface area contributed by atoms with Crippen molar-refractivity contribution in [1.82, 2.24) is 9.80 Å². The second kappa shape index (κ2) is 7.37. The zero-order chi connectivity index (χ0) is 17.9. The molecule has 0 bridgehead atoms. The quantitative estimate of drug-likeness (QED) is 0.851. The van der Waals surface area contributed by atoms with Crippen molar-refractivity contribution in [3.8, 4) is 0 Å². The lowest BCUT2D eigenvalue weighted by Crippen LogP contribution is -2.45. The van der Waals surface area contributed by atoms with Crippen molar-refractivity contribution in [2.75, 3.05) is 20.6 Å². The van der Waals surface area contributed by atoms with E-state index in [0.717, 1.165) is 19.3 Å². The van der Waals surface area contributed by atoms with Gasteiger partial charge in [0.1, 0.15) is 6.04 Å². The van der Waals surface area contributed by atoms with Gasteiger partial charge < -0.3 is 9.80 Å². The first-order valence-electron chi connectivity index (χ1n) is 8.80. The van der Waals surface area contributed by atoms with Crippen molar-refractivity contribution in [2.45, 2.75) is 57.9 Å². The Kier molecular flexibility index (Phi) is 5.68. The molecule has 0 aromatic heterocycles. The summed E-state index contributed by atoms with van der Waals surface area (Å²) in [4.78, 5) is 28.1. The smallest absolute Gasteiger partial charge is 0.244 e. The lowest BCUT2D eigenvalue weighted by atomic mass is 9.86. The topological polar surface area (TPSA) is 40.6 Å². The zero-order valence-corrected chi connectivity index (χ0v) is 15.6. The Bertz CT molecular complexity index is 585. The molecular weight excluding hydrogens is 300 g/mol. The standard InChI is InChI=1S/C20H30N2O2/c1-20(2,3)16-11-8-15(9-12-16)10-13-18(23)22-14-6-7-17(22)19(24)21(4)5/h8-9,11-12,17H,6-7,10,13-14H2,1-5H3. The fourth-order valence-corrected chi connectivity index (χ4v) is 3.19. The van der Waals surface area contributed by atoms with Crippen LogP contribution in [0.4, 0.5) is 0 Å². The molecule has 0 saturated carbocycles. The van der Waals surface area contributed by atoms with Gasteiger partial charge in [-0.2, -0.15) is 0 Å². The molecule has 0 N–H and O–H groups in total. The first-order valence-corrected chi connectivity index (χ1v) is 8.80. The summed E-state index contributed by atoms with van der Waals surface area (Å²) in [6.07, 6.45) is 2.88. The zero-order valence-electron chi connectivity index (χ0n) is 15.6. The summed E-state index contributed by atoms with van der Waals surface area (Å²) >= 11 is 0. The van der Waals surface area contributed by atoms with E-state index in [1.807, 2.05) is 0 Å². The molecule has 1 heterocycles. The van der Waals surface area contributed by atoms with Gasteiger partial charge >= 0.3 is 0 Å². The van der Waals surface area contributed by atoms with Crippen molar-refractivity contribution in [2.24, 2.45) is 0 Å². The molecule has 132 valence electrons. The Balaban J connectivity index is 1.94. The van der Waals surface area contributed by atoms with Gasteiger partial charge in [-0.3, -0.25) is 9.59 Å². The van der Waals surface area contributed by atoms with E-state index in [1.54, 1.807) is 23.9 Å². The molecule has 4 nitrogen and oxygen atoms in total. The maximum absolute atomic E-state index is 12.5. The molecule has 1 unspecified atom stereocenters. The van der Waals surface area contributed by atoms with Crippen molar-refractivity contribution < 1.29 is 9.59 Å². The highest BCUT2D eigenvalue weighted by Gasteiger charge is 2.34. The van der Waals surface area contributed by atoms with Gasteiger partial charge in [0.25, 0.3) is 0 Å². The summed E-state index contributed by atoms with van der Waals surface area (Å²) in [5, 5.41) is 0. The van der Waals surface area contributed by atoms with E-state index in [4.69, 9.17) is 0 Å². The van der Waals surface area contributed by atoms with Crippen LogP contribution in [0.25, 0.3) is 0 Å². The first kappa shape index (κ1) is 18.5. The Morgan fingerprint density at radius 2 is 1.79 bits per heavy atom. The Hall–Kier alpha value is -1.84. The Labute approximate surface area is 145 Å². The molecule has 1 aromatic rings. The number of benzene rings is 1. The van der Waals surface area contributed by atoms with Gasteiger partial charge in [-0.1, -0.05) is 45.0 Å². The Morgan fingerprint density at radius 3 is 2.33 bits per heavy atom. The molecule has 2 rings (SSSR count). The number of aryl methyl sites for hydroxylation is 1. The lowest BCUT2D eigenvalue weighted by Gasteiger charge is -2.26. The minimum Gasteiger partial charge on any atom is -0.347 e. The molecule has 1 aliphatic rings. The van der Waals surface area contributed by atoms with Gasteiger partial charge in [0, 0.05) is 27.1 Å². The van der Waals surface area contributed by atoms with E-state index in [9.17, 15) is 9.59 Å². The normalized spacial score (nSPS) is 17.9. The van der Waals surface area contributed by atoms with Crippen LogP contribution in [0.15, 0.2) is 24.3 Å². The number of nitrogens with zero attached hydrogens (tertiary/aromatic N) is 2.